The Morgan fingerprint density at radius 2 is 1.61 bits per heavy atom. The molecule has 1 fully saturated rings. The summed E-state index contributed by atoms with van der Waals surface area (Å²) in [4.78, 5) is 0. The molecule has 3 nitrogen and oxygen atoms in total. The molecule has 0 aromatic carbocycles. The number of nitrogens with one attached hydrogen (secondary N) is 1. The van der Waals surface area contributed by atoms with Gasteiger partial charge >= 0.3 is 0 Å². The summed E-state index contributed by atoms with van der Waals surface area (Å²) in [7, 11) is -2.98. The Hall–Kier alpha value is -0.0900. The third-order valence-electron chi connectivity index (χ3n) is 3.79. The molecule has 18 heavy (non-hydrogen) atoms. The van der Waals surface area contributed by atoms with E-state index in [1.54, 1.807) is 20.8 Å². The van der Waals surface area contributed by atoms with Gasteiger partial charge in [0.2, 0.25) is 0 Å². The lowest BCUT2D eigenvalue weighted by Crippen LogP contribution is -2.33. The summed E-state index contributed by atoms with van der Waals surface area (Å²) in [5, 5.41) is 3.49. The fourth-order valence-electron chi connectivity index (χ4n) is 1.74. The number of rotatable bonds is 7. The summed E-state index contributed by atoms with van der Waals surface area (Å²) in [6.45, 7) is 10.7. The zero-order valence-corrected chi connectivity index (χ0v) is 13.4. The molecule has 0 bridgehead atoms. The maximum Gasteiger partial charge on any atom is 0.155 e. The van der Waals surface area contributed by atoms with Gasteiger partial charge in [-0.3, -0.25) is 0 Å². The highest BCUT2D eigenvalue weighted by Gasteiger charge is 2.31. The molecule has 0 spiro atoms. The molecule has 108 valence electrons. The van der Waals surface area contributed by atoms with Crippen molar-refractivity contribution in [1.82, 2.24) is 5.32 Å². The summed E-state index contributed by atoms with van der Waals surface area (Å²) >= 11 is 0. The Labute approximate surface area is 113 Å². The smallest absolute Gasteiger partial charge is 0.155 e. The third-order valence-corrected chi connectivity index (χ3v) is 6.40. The first-order valence-corrected chi connectivity index (χ1v) is 8.64. The van der Waals surface area contributed by atoms with Crippen LogP contribution in [0.2, 0.25) is 0 Å². The molecule has 0 saturated heterocycles. The molecule has 0 amide bonds. The topological polar surface area (TPSA) is 46.2 Å². The van der Waals surface area contributed by atoms with Gasteiger partial charge in [0.1, 0.15) is 0 Å². The van der Waals surface area contributed by atoms with Crippen molar-refractivity contribution in [1.29, 1.82) is 0 Å². The average Bonchev–Trinajstić information content (AvgIpc) is 2.97. The van der Waals surface area contributed by atoms with Crippen LogP contribution in [-0.2, 0) is 9.84 Å². The summed E-state index contributed by atoms with van der Waals surface area (Å²) < 4.78 is 23.5. The second-order valence-corrected chi connectivity index (χ2v) is 10.2. The van der Waals surface area contributed by atoms with E-state index in [-0.39, 0.29) is 5.41 Å². The lowest BCUT2D eigenvalue weighted by Gasteiger charge is -2.27. The number of hydrogen-bond acceptors (Lipinski definition) is 3. The van der Waals surface area contributed by atoms with Crippen LogP contribution in [0.15, 0.2) is 0 Å². The van der Waals surface area contributed by atoms with Crippen molar-refractivity contribution in [3.63, 3.8) is 0 Å². The minimum Gasteiger partial charge on any atom is -0.314 e. The Morgan fingerprint density at radius 3 is 2.06 bits per heavy atom. The minimum atomic E-state index is -2.98. The van der Waals surface area contributed by atoms with Crippen LogP contribution in [0, 0.1) is 5.41 Å². The number of sulfone groups is 1. The summed E-state index contributed by atoms with van der Waals surface area (Å²) in [6.07, 6.45) is 4.40. The highest BCUT2D eigenvalue weighted by atomic mass is 32.2. The maximum atomic E-state index is 12.1. The van der Waals surface area contributed by atoms with E-state index < -0.39 is 14.6 Å². The first-order chi connectivity index (χ1) is 8.04. The molecule has 4 heteroatoms. The van der Waals surface area contributed by atoms with E-state index in [4.69, 9.17) is 0 Å². The van der Waals surface area contributed by atoms with Gasteiger partial charge in [0, 0.05) is 6.04 Å². The monoisotopic (exact) mass is 275 g/mol. The first-order valence-electron chi connectivity index (χ1n) is 6.99. The highest BCUT2D eigenvalue weighted by molar-refractivity contribution is 7.92. The van der Waals surface area contributed by atoms with Crippen molar-refractivity contribution >= 4 is 9.84 Å². The molecule has 0 aromatic rings. The fourth-order valence-corrected chi connectivity index (χ4v) is 3.18. The molecular weight excluding hydrogens is 246 g/mol. The van der Waals surface area contributed by atoms with Gasteiger partial charge in [-0.05, 0) is 58.4 Å². The first kappa shape index (κ1) is 16.0. The minimum absolute atomic E-state index is 0.0974. The molecule has 0 heterocycles. The van der Waals surface area contributed by atoms with Crippen molar-refractivity contribution in [3.8, 4) is 0 Å². The van der Waals surface area contributed by atoms with E-state index in [0.717, 1.165) is 25.4 Å². The summed E-state index contributed by atoms with van der Waals surface area (Å²) in [6, 6.07) is 0.735. The molecule has 1 rings (SSSR count). The van der Waals surface area contributed by atoms with Gasteiger partial charge in [0.15, 0.2) is 9.84 Å². The second kappa shape index (κ2) is 5.49. The van der Waals surface area contributed by atoms with Crippen LogP contribution in [0.3, 0.4) is 0 Å². The standard InChI is InChI=1S/C14H29NO2S/c1-13(2,3)18(16,17)11-9-14(4,5)8-10-15-12-6-7-12/h12,15H,6-11H2,1-5H3. The van der Waals surface area contributed by atoms with Crippen molar-refractivity contribution in [2.75, 3.05) is 12.3 Å². The fraction of sp³-hybridized carbons (Fsp3) is 1.00. The van der Waals surface area contributed by atoms with Crippen LogP contribution in [-0.4, -0.2) is 31.5 Å². The predicted molar refractivity (Wildman–Crippen MR) is 77.6 cm³/mol. The van der Waals surface area contributed by atoms with E-state index in [9.17, 15) is 8.42 Å². The Balaban J connectivity index is 2.35. The largest absolute Gasteiger partial charge is 0.314 e. The second-order valence-electron chi connectivity index (χ2n) is 7.32. The normalized spacial score (nSPS) is 18.1. The Morgan fingerprint density at radius 1 is 1.06 bits per heavy atom. The van der Waals surface area contributed by atoms with Gasteiger partial charge in [-0.1, -0.05) is 13.8 Å². The van der Waals surface area contributed by atoms with Crippen LogP contribution < -0.4 is 5.32 Å². The van der Waals surface area contributed by atoms with Gasteiger partial charge < -0.3 is 5.32 Å². The van der Waals surface area contributed by atoms with E-state index >= 15 is 0 Å². The molecule has 0 unspecified atom stereocenters. The maximum absolute atomic E-state index is 12.1. The predicted octanol–water partition coefficient (Wildman–Crippen LogP) is 2.76. The van der Waals surface area contributed by atoms with E-state index in [1.807, 2.05) is 0 Å². The summed E-state index contributed by atoms with van der Waals surface area (Å²) in [5.74, 6) is 0.299. The van der Waals surface area contributed by atoms with Crippen LogP contribution in [0.5, 0.6) is 0 Å². The SMILES string of the molecule is CC(C)(CCNC1CC1)CCS(=O)(=O)C(C)(C)C. The lowest BCUT2D eigenvalue weighted by molar-refractivity contribution is 0.315. The van der Waals surface area contributed by atoms with Gasteiger partial charge in [-0.25, -0.2) is 8.42 Å². The zero-order chi connectivity index (χ0) is 14.0. The lowest BCUT2D eigenvalue weighted by atomic mass is 9.86. The summed E-state index contributed by atoms with van der Waals surface area (Å²) in [5.41, 5.74) is 0.0974. The Kier molecular flexibility index (Phi) is 4.87. The van der Waals surface area contributed by atoms with Gasteiger partial charge in [-0.15, -0.1) is 0 Å². The quantitative estimate of drug-likeness (QED) is 0.777. The molecule has 0 atom stereocenters. The van der Waals surface area contributed by atoms with Crippen LogP contribution in [0.1, 0.15) is 60.3 Å². The molecule has 0 radical (unpaired) electrons. The van der Waals surface area contributed by atoms with Crippen LogP contribution >= 0.6 is 0 Å². The molecule has 0 aliphatic heterocycles. The van der Waals surface area contributed by atoms with E-state index in [2.05, 4.69) is 19.2 Å². The van der Waals surface area contributed by atoms with Crippen molar-refractivity contribution < 1.29 is 8.42 Å². The Bertz CT molecular complexity index is 362. The molecule has 1 saturated carbocycles. The molecule has 1 aliphatic rings. The van der Waals surface area contributed by atoms with Crippen LogP contribution in [0.4, 0.5) is 0 Å². The molecule has 1 N–H and O–H groups in total. The van der Waals surface area contributed by atoms with Gasteiger partial charge in [0.25, 0.3) is 0 Å². The average molecular weight is 275 g/mol. The molecule has 1 aliphatic carbocycles. The van der Waals surface area contributed by atoms with E-state index in [0.29, 0.717) is 5.75 Å². The molecular formula is C14H29NO2S. The number of hydrogen-bond donors (Lipinski definition) is 1. The van der Waals surface area contributed by atoms with Crippen molar-refractivity contribution in [2.45, 2.75) is 71.1 Å². The molecule has 0 aromatic heterocycles. The van der Waals surface area contributed by atoms with Crippen LogP contribution in [0.25, 0.3) is 0 Å². The highest BCUT2D eigenvalue weighted by Crippen LogP contribution is 2.28. The third kappa shape index (κ3) is 5.27. The van der Waals surface area contributed by atoms with Crippen molar-refractivity contribution in [3.05, 3.63) is 0 Å². The zero-order valence-electron chi connectivity index (χ0n) is 12.5. The van der Waals surface area contributed by atoms with Gasteiger partial charge in [-0.2, -0.15) is 0 Å². The van der Waals surface area contributed by atoms with E-state index in [1.165, 1.54) is 12.8 Å². The van der Waals surface area contributed by atoms with Crippen molar-refractivity contribution in [2.24, 2.45) is 5.41 Å². The van der Waals surface area contributed by atoms with Gasteiger partial charge in [0.05, 0.1) is 10.5 Å².